The van der Waals surface area contributed by atoms with Gasteiger partial charge in [0.05, 0.1) is 15.2 Å². The molecule has 124 valence electrons. The van der Waals surface area contributed by atoms with Gasteiger partial charge >= 0.3 is 0 Å². The second kappa shape index (κ2) is 6.75. The molecule has 25 heavy (non-hydrogen) atoms. The Hall–Kier alpha value is -2.56. The maximum absolute atomic E-state index is 6.30. The van der Waals surface area contributed by atoms with Crippen molar-refractivity contribution in [2.45, 2.75) is 6.61 Å². The molecule has 2 N–H and O–H groups in total. The number of nitrogen functional groups attached to an aromatic ring is 1. The highest BCUT2D eigenvalue weighted by atomic mass is 35.5. The molecule has 0 saturated heterocycles. The summed E-state index contributed by atoms with van der Waals surface area (Å²) in [6.07, 6.45) is 0. The third-order valence-electron chi connectivity index (χ3n) is 3.83. The highest BCUT2D eigenvalue weighted by molar-refractivity contribution is 7.21. The van der Waals surface area contributed by atoms with Gasteiger partial charge in [-0.1, -0.05) is 41.9 Å². The van der Waals surface area contributed by atoms with E-state index in [9.17, 15) is 0 Å². The first-order valence-electron chi connectivity index (χ1n) is 7.82. The quantitative estimate of drug-likeness (QED) is 0.466. The van der Waals surface area contributed by atoms with Crippen LogP contribution in [0.4, 0.5) is 5.69 Å². The molecule has 0 spiro atoms. The number of fused-ring (bicyclic) bond motifs is 1. The molecule has 0 aliphatic rings. The molecule has 0 saturated carbocycles. The van der Waals surface area contributed by atoms with E-state index in [2.05, 4.69) is 0 Å². The first-order valence-corrected chi connectivity index (χ1v) is 9.01. The van der Waals surface area contributed by atoms with Crippen LogP contribution >= 0.6 is 22.9 Å². The number of hydrogen-bond donors (Lipinski definition) is 1. The van der Waals surface area contributed by atoms with Gasteiger partial charge in [-0.3, -0.25) is 0 Å². The molecule has 4 aromatic rings. The van der Waals surface area contributed by atoms with Crippen LogP contribution in [0.25, 0.3) is 20.8 Å². The number of anilines is 1. The Morgan fingerprint density at radius 1 is 1.00 bits per heavy atom. The molecule has 0 bridgehead atoms. The van der Waals surface area contributed by atoms with Crippen molar-refractivity contribution in [3.8, 4) is 16.3 Å². The number of rotatable bonds is 4. The summed E-state index contributed by atoms with van der Waals surface area (Å²) in [5.74, 6) is 0.802. The molecule has 1 heterocycles. The molecule has 0 radical (unpaired) electrons. The van der Waals surface area contributed by atoms with E-state index in [0.717, 1.165) is 32.1 Å². The van der Waals surface area contributed by atoms with E-state index >= 15 is 0 Å². The Morgan fingerprint density at radius 3 is 2.64 bits per heavy atom. The highest BCUT2D eigenvalue weighted by Gasteiger charge is 2.11. The van der Waals surface area contributed by atoms with Gasteiger partial charge in [0, 0.05) is 17.3 Å². The molecule has 0 aliphatic heterocycles. The predicted octanol–water partition coefficient (Wildman–Crippen LogP) is 5.78. The zero-order valence-corrected chi connectivity index (χ0v) is 14.8. The van der Waals surface area contributed by atoms with Crippen molar-refractivity contribution in [2.24, 2.45) is 0 Å². The minimum absolute atomic E-state index is 0.535. The van der Waals surface area contributed by atoms with Gasteiger partial charge in [-0.15, -0.1) is 11.3 Å². The predicted molar refractivity (Wildman–Crippen MR) is 105 cm³/mol. The maximum Gasteiger partial charge on any atom is 0.126 e. The number of ether oxygens (including phenoxy) is 1. The summed E-state index contributed by atoms with van der Waals surface area (Å²) in [5, 5.41) is 1.49. The van der Waals surface area contributed by atoms with Crippen LogP contribution in [0.1, 0.15) is 5.56 Å². The first kappa shape index (κ1) is 15.9. The van der Waals surface area contributed by atoms with Crippen LogP contribution in [-0.4, -0.2) is 4.98 Å². The summed E-state index contributed by atoms with van der Waals surface area (Å²) in [5.41, 5.74) is 9.34. The van der Waals surface area contributed by atoms with Crippen molar-refractivity contribution in [3.63, 3.8) is 0 Å². The number of thiazole rings is 1. The number of nitrogens with two attached hydrogens (primary N) is 1. The number of nitrogens with zero attached hydrogens (tertiary/aromatic N) is 1. The van der Waals surface area contributed by atoms with E-state index < -0.39 is 0 Å². The van der Waals surface area contributed by atoms with Crippen molar-refractivity contribution < 1.29 is 4.74 Å². The smallest absolute Gasteiger partial charge is 0.126 e. The van der Waals surface area contributed by atoms with Gasteiger partial charge in [0.2, 0.25) is 0 Å². The second-order valence-electron chi connectivity index (χ2n) is 5.66. The SMILES string of the molecule is Nc1ccc(-c2nc3cc(OCc4ccccc4)ccc3s2)c(Cl)c1. The second-order valence-corrected chi connectivity index (χ2v) is 7.10. The van der Waals surface area contributed by atoms with E-state index in [1.165, 1.54) is 0 Å². The fraction of sp³-hybridized carbons (Fsp3) is 0.0500. The third kappa shape index (κ3) is 3.45. The van der Waals surface area contributed by atoms with Crippen LogP contribution in [0.2, 0.25) is 5.02 Å². The molecule has 0 unspecified atom stereocenters. The van der Waals surface area contributed by atoms with Gasteiger partial charge in [0.15, 0.2) is 0 Å². The lowest BCUT2D eigenvalue weighted by Crippen LogP contribution is -1.94. The molecule has 0 amide bonds. The number of aromatic nitrogens is 1. The van der Waals surface area contributed by atoms with E-state index in [1.54, 1.807) is 17.4 Å². The summed E-state index contributed by atoms with van der Waals surface area (Å²) >= 11 is 7.90. The van der Waals surface area contributed by atoms with Crippen molar-refractivity contribution in [2.75, 3.05) is 5.73 Å². The van der Waals surface area contributed by atoms with E-state index in [-0.39, 0.29) is 0 Å². The van der Waals surface area contributed by atoms with Gasteiger partial charge in [-0.2, -0.15) is 0 Å². The largest absolute Gasteiger partial charge is 0.489 e. The van der Waals surface area contributed by atoms with E-state index in [0.29, 0.717) is 17.3 Å². The minimum Gasteiger partial charge on any atom is -0.489 e. The van der Waals surface area contributed by atoms with Crippen LogP contribution in [0.15, 0.2) is 66.7 Å². The summed E-state index contributed by atoms with van der Waals surface area (Å²) in [6, 6.07) is 21.5. The monoisotopic (exact) mass is 366 g/mol. The van der Waals surface area contributed by atoms with Crippen LogP contribution in [0, 0.1) is 0 Å². The zero-order valence-electron chi connectivity index (χ0n) is 13.3. The standard InChI is InChI=1S/C20H15ClN2OS/c21-17-10-14(22)6-8-16(17)20-23-18-11-15(7-9-19(18)25-20)24-12-13-4-2-1-3-5-13/h1-11H,12,22H2. The molecular weight excluding hydrogens is 352 g/mol. The van der Waals surface area contributed by atoms with Crippen molar-refractivity contribution in [1.29, 1.82) is 0 Å². The summed E-state index contributed by atoms with van der Waals surface area (Å²) in [6.45, 7) is 0.535. The Morgan fingerprint density at radius 2 is 1.84 bits per heavy atom. The van der Waals surface area contributed by atoms with Gasteiger partial charge in [0.1, 0.15) is 17.4 Å². The zero-order chi connectivity index (χ0) is 17.2. The molecule has 3 nitrogen and oxygen atoms in total. The number of benzene rings is 3. The molecule has 0 atom stereocenters. The highest BCUT2D eigenvalue weighted by Crippen LogP contribution is 2.36. The Bertz CT molecular complexity index is 1030. The Balaban J connectivity index is 1.61. The normalized spacial score (nSPS) is 10.9. The third-order valence-corrected chi connectivity index (χ3v) is 5.21. The molecular formula is C20H15ClN2OS. The van der Waals surface area contributed by atoms with Crippen LogP contribution < -0.4 is 10.5 Å². The fourth-order valence-corrected chi connectivity index (χ4v) is 3.88. The number of halogens is 1. The van der Waals surface area contributed by atoms with Crippen molar-refractivity contribution in [3.05, 3.63) is 77.3 Å². The molecule has 4 rings (SSSR count). The summed E-state index contributed by atoms with van der Waals surface area (Å²) in [4.78, 5) is 4.70. The van der Waals surface area contributed by atoms with Crippen LogP contribution in [-0.2, 0) is 6.61 Å². The first-order chi connectivity index (χ1) is 12.2. The fourth-order valence-electron chi connectivity index (χ4n) is 2.56. The molecule has 3 aromatic carbocycles. The van der Waals surface area contributed by atoms with Gasteiger partial charge in [-0.05, 0) is 35.9 Å². The average Bonchev–Trinajstić information content (AvgIpc) is 3.03. The summed E-state index contributed by atoms with van der Waals surface area (Å²) in [7, 11) is 0. The lowest BCUT2D eigenvalue weighted by Gasteiger charge is -2.05. The molecule has 0 aliphatic carbocycles. The van der Waals surface area contributed by atoms with Gasteiger partial charge < -0.3 is 10.5 Å². The topological polar surface area (TPSA) is 48.1 Å². The lowest BCUT2D eigenvalue weighted by atomic mass is 10.2. The summed E-state index contributed by atoms with van der Waals surface area (Å²) < 4.78 is 6.97. The van der Waals surface area contributed by atoms with Gasteiger partial charge in [-0.25, -0.2) is 4.98 Å². The van der Waals surface area contributed by atoms with Crippen molar-refractivity contribution >= 4 is 38.8 Å². The van der Waals surface area contributed by atoms with E-state index in [1.807, 2.05) is 60.7 Å². The molecule has 1 aromatic heterocycles. The Kier molecular flexibility index (Phi) is 4.30. The average molecular weight is 367 g/mol. The Labute approximate surface area is 154 Å². The molecule has 5 heteroatoms. The number of hydrogen-bond acceptors (Lipinski definition) is 4. The van der Waals surface area contributed by atoms with Gasteiger partial charge in [0.25, 0.3) is 0 Å². The lowest BCUT2D eigenvalue weighted by molar-refractivity contribution is 0.306. The van der Waals surface area contributed by atoms with Crippen molar-refractivity contribution in [1.82, 2.24) is 4.98 Å². The van der Waals surface area contributed by atoms with Crippen LogP contribution in [0.3, 0.4) is 0 Å². The maximum atomic E-state index is 6.30. The van der Waals surface area contributed by atoms with Crippen LogP contribution in [0.5, 0.6) is 5.75 Å². The molecule has 0 fully saturated rings. The van der Waals surface area contributed by atoms with E-state index in [4.69, 9.17) is 27.1 Å². The minimum atomic E-state index is 0.535.